The molecule has 0 aliphatic carbocycles. The van der Waals surface area contributed by atoms with Crippen molar-refractivity contribution >= 4 is 5.91 Å². The highest BCUT2D eigenvalue weighted by Crippen LogP contribution is 2.42. The highest BCUT2D eigenvalue weighted by Gasteiger charge is 2.46. The summed E-state index contributed by atoms with van der Waals surface area (Å²) in [5.41, 5.74) is -0.0626. The first kappa shape index (κ1) is 15.4. The van der Waals surface area contributed by atoms with Gasteiger partial charge in [0.25, 0.3) is 5.91 Å². The van der Waals surface area contributed by atoms with Gasteiger partial charge in [-0.15, -0.1) is 0 Å². The Bertz CT molecular complexity index is 501. The lowest BCUT2D eigenvalue weighted by Crippen LogP contribution is -2.49. The molecule has 1 aromatic heterocycles. The summed E-state index contributed by atoms with van der Waals surface area (Å²) < 4.78 is 11.3. The molecule has 0 bridgehead atoms. The van der Waals surface area contributed by atoms with Crippen molar-refractivity contribution in [2.24, 2.45) is 5.92 Å². The molecule has 1 unspecified atom stereocenters. The molecule has 120 valence electrons. The standard InChI is InChI=1S/C16H23N3O3/c1-21-11-3-13-4-12-22-16(13)5-9-19(10-6-16)15(20)14-17-7-2-8-18-14/h2,7-8,13H,3-6,9-12H2,1H3. The number of amides is 1. The summed E-state index contributed by atoms with van der Waals surface area (Å²) in [6.45, 7) is 3.02. The Labute approximate surface area is 130 Å². The van der Waals surface area contributed by atoms with Crippen molar-refractivity contribution in [3.63, 3.8) is 0 Å². The Balaban J connectivity index is 1.61. The summed E-state index contributed by atoms with van der Waals surface area (Å²) in [6.07, 6.45) is 7.12. The highest BCUT2D eigenvalue weighted by molar-refractivity contribution is 5.90. The van der Waals surface area contributed by atoms with Gasteiger partial charge in [0.15, 0.2) is 0 Å². The van der Waals surface area contributed by atoms with Gasteiger partial charge in [0, 0.05) is 45.8 Å². The highest BCUT2D eigenvalue weighted by atomic mass is 16.5. The minimum Gasteiger partial charge on any atom is -0.385 e. The molecule has 1 amide bonds. The molecule has 1 aromatic rings. The molecule has 0 saturated carbocycles. The molecule has 2 fully saturated rings. The predicted molar refractivity (Wildman–Crippen MR) is 80.5 cm³/mol. The van der Waals surface area contributed by atoms with Crippen LogP contribution >= 0.6 is 0 Å². The third-order valence-electron chi connectivity index (χ3n) is 4.92. The van der Waals surface area contributed by atoms with Crippen LogP contribution in [-0.2, 0) is 9.47 Å². The minimum atomic E-state index is -0.0816. The van der Waals surface area contributed by atoms with E-state index in [1.807, 2.05) is 4.90 Å². The quantitative estimate of drug-likeness (QED) is 0.844. The summed E-state index contributed by atoms with van der Waals surface area (Å²) >= 11 is 0. The fraction of sp³-hybridized carbons (Fsp3) is 0.688. The number of aromatic nitrogens is 2. The van der Waals surface area contributed by atoms with Crippen LogP contribution < -0.4 is 0 Å². The van der Waals surface area contributed by atoms with E-state index in [1.54, 1.807) is 25.6 Å². The summed E-state index contributed by atoms with van der Waals surface area (Å²) in [7, 11) is 1.74. The number of hydrogen-bond acceptors (Lipinski definition) is 5. The zero-order chi connectivity index (χ0) is 15.4. The van der Waals surface area contributed by atoms with E-state index in [4.69, 9.17) is 9.47 Å². The van der Waals surface area contributed by atoms with Gasteiger partial charge in [-0.2, -0.15) is 0 Å². The number of piperidine rings is 1. The van der Waals surface area contributed by atoms with E-state index in [0.29, 0.717) is 19.0 Å². The number of rotatable bonds is 4. The molecular formula is C16H23N3O3. The number of likely N-dealkylation sites (tertiary alicyclic amines) is 1. The van der Waals surface area contributed by atoms with Crippen molar-refractivity contribution in [3.8, 4) is 0 Å². The lowest BCUT2D eigenvalue weighted by molar-refractivity contribution is -0.0662. The molecule has 2 aliphatic rings. The summed E-state index contributed by atoms with van der Waals surface area (Å²) in [5.74, 6) is 0.737. The Kier molecular flexibility index (Phi) is 4.69. The summed E-state index contributed by atoms with van der Waals surface area (Å²) in [5, 5.41) is 0. The van der Waals surface area contributed by atoms with Crippen molar-refractivity contribution in [1.82, 2.24) is 14.9 Å². The van der Waals surface area contributed by atoms with Gasteiger partial charge in [0.2, 0.25) is 5.82 Å². The molecule has 3 heterocycles. The number of ether oxygens (including phenoxy) is 2. The van der Waals surface area contributed by atoms with Gasteiger partial charge in [0.05, 0.1) is 5.60 Å². The first-order valence-corrected chi connectivity index (χ1v) is 7.94. The lowest BCUT2D eigenvalue weighted by Gasteiger charge is -2.42. The molecule has 1 spiro atoms. The Morgan fingerprint density at radius 3 is 2.82 bits per heavy atom. The molecule has 2 saturated heterocycles. The second-order valence-corrected chi connectivity index (χ2v) is 6.04. The van der Waals surface area contributed by atoms with Gasteiger partial charge >= 0.3 is 0 Å². The maximum Gasteiger partial charge on any atom is 0.291 e. The zero-order valence-corrected chi connectivity index (χ0v) is 13.0. The molecule has 0 radical (unpaired) electrons. The van der Waals surface area contributed by atoms with Crippen LogP contribution in [0.25, 0.3) is 0 Å². The van der Waals surface area contributed by atoms with Crippen LogP contribution in [0.4, 0.5) is 0 Å². The Morgan fingerprint density at radius 2 is 2.14 bits per heavy atom. The third kappa shape index (κ3) is 2.98. The van der Waals surface area contributed by atoms with Gasteiger partial charge in [-0.3, -0.25) is 4.79 Å². The molecule has 22 heavy (non-hydrogen) atoms. The van der Waals surface area contributed by atoms with Crippen LogP contribution in [0.5, 0.6) is 0 Å². The second kappa shape index (κ2) is 6.71. The van der Waals surface area contributed by atoms with E-state index >= 15 is 0 Å². The molecular weight excluding hydrogens is 282 g/mol. The molecule has 1 atom stereocenters. The van der Waals surface area contributed by atoms with Crippen LogP contribution in [0, 0.1) is 5.92 Å². The maximum atomic E-state index is 12.4. The van der Waals surface area contributed by atoms with E-state index in [2.05, 4.69) is 9.97 Å². The molecule has 6 nitrogen and oxygen atoms in total. The van der Waals surface area contributed by atoms with Gasteiger partial charge in [-0.05, 0) is 37.7 Å². The zero-order valence-electron chi connectivity index (χ0n) is 13.0. The van der Waals surface area contributed by atoms with Gasteiger partial charge in [-0.1, -0.05) is 0 Å². The maximum absolute atomic E-state index is 12.4. The van der Waals surface area contributed by atoms with Crippen LogP contribution in [0.1, 0.15) is 36.3 Å². The lowest BCUT2D eigenvalue weighted by atomic mass is 9.78. The van der Waals surface area contributed by atoms with Crippen molar-refractivity contribution < 1.29 is 14.3 Å². The van der Waals surface area contributed by atoms with Crippen molar-refractivity contribution in [3.05, 3.63) is 24.3 Å². The largest absolute Gasteiger partial charge is 0.385 e. The number of carbonyl (C=O) groups excluding carboxylic acids is 1. The first-order valence-electron chi connectivity index (χ1n) is 7.94. The summed E-state index contributed by atoms with van der Waals surface area (Å²) in [6, 6.07) is 1.72. The summed E-state index contributed by atoms with van der Waals surface area (Å²) in [4.78, 5) is 22.3. The smallest absolute Gasteiger partial charge is 0.291 e. The number of hydrogen-bond donors (Lipinski definition) is 0. The van der Waals surface area contributed by atoms with Crippen molar-refractivity contribution in [2.75, 3.05) is 33.4 Å². The third-order valence-corrected chi connectivity index (χ3v) is 4.92. The SMILES string of the molecule is COCCC1CCOC12CCN(C(=O)c1ncccn1)CC2. The van der Waals surface area contributed by atoms with Crippen LogP contribution in [-0.4, -0.2) is 59.8 Å². The van der Waals surface area contributed by atoms with Crippen LogP contribution in [0.15, 0.2) is 18.5 Å². The average molecular weight is 305 g/mol. The topological polar surface area (TPSA) is 64.6 Å². The van der Waals surface area contributed by atoms with Crippen LogP contribution in [0.2, 0.25) is 0 Å². The number of nitrogens with zero attached hydrogens (tertiary/aromatic N) is 3. The van der Waals surface area contributed by atoms with Crippen molar-refractivity contribution in [2.45, 2.75) is 31.3 Å². The van der Waals surface area contributed by atoms with Crippen LogP contribution in [0.3, 0.4) is 0 Å². The van der Waals surface area contributed by atoms with Crippen molar-refractivity contribution in [1.29, 1.82) is 0 Å². The Morgan fingerprint density at radius 1 is 1.41 bits per heavy atom. The fourth-order valence-electron chi connectivity index (χ4n) is 3.64. The minimum absolute atomic E-state index is 0.0626. The monoisotopic (exact) mass is 305 g/mol. The van der Waals surface area contributed by atoms with Gasteiger partial charge in [-0.25, -0.2) is 9.97 Å². The number of carbonyl (C=O) groups is 1. The molecule has 6 heteroatoms. The molecule has 3 rings (SSSR count). The normalized spacial score (nSPS) is 23.9. The Hall–Kier alpha value is -1.53. The van der Waals surface area contributed by atoms with E-state index in [-0.39, 0.29) is 17.3 Å². The molecule has 2 aliphatic heterocycles. The molecule has 0 N–H and O–H groups in total. The fourth-order valence-corrected chi connectivity index (χ4v) is 3.64. The first-order chi connectivity index (χ1) is 10.7. The number of methoxy groups -OCH3 is 1. The van der Waals surface area contributed by atoms with E-state index in [1.165, 1.54) is 0 Å². The predicted octanol–water partition coefficient (Wildman–Crippen LogP) is 1.52. The second-order valence-electron chi connectivity index (χ2n) is 6.04. The van der Waals surface area contributed by atoms with Gasteiger partial charge in [0.1, 0.15) is 0 Å². The molecule has 0 aromatic carbocycles. The van der Waals surface area contributed by atoms with Gasteiger partial charge < -0.3 is 14.4 Å². The van der Waals surface area contributed by atoms with E-state index in [0.717, 1.165) is 38.9 Å². The van der Waals surface area contributed by atoms with E-state index < -0.39 is 0 Å². The average Bonchev–Trinajstić information content (AvgIpc) is 2.96. The van der Waals surface area contributed by atoms with E-state index in [9.17, 15) is 4.79 Å².